The number of aliphatic hydroxyl groups excluding tert-OH is 1. The third-order valence-electron chi connectivity index (χ3n) is 6.79. The molecular weight excluding hydrogens is 482 g/mol. The van der Waals surface area contributed by atoms with Gasteiger partial charge >= 0.3 is 0 Å². The van der Waals surface area contributed by atoms with Gasteiger partial charge in [0.05, 0.1) is 24.8 Å². The zero-order valence-corrected chi connectivity index (χ0v) is 21.8. The maximum absolute atomic E-state index is 13.5. The summed E-state index contributed by atoms with van der Waals surface area (Å²) in [6.45, 7) is 6.84. The fourth-order valence-electron chi connectivity index (χ4n) is 5.13. The molecule has 2 aliphatic rings. The minimum Gasteiger partial charge on any atom is -0.507 e. The van der Waals surface area contributed by atoms with Crippen LogP contribution in [-0.4, -0.2) is 41.0 Å². The van der Waals surface area contributed by atoms with Gasteiger partial charge in [0.15, 0.2) is 11.5 Å². The number of likely N-dealkylation sites (tertiary alicyclic amines) is 1. The summed E-state index contributed by atoms with van der Waals surface area (Å²) >= 11 is 0. The average Bonchev–Trinajstić information content (AvgIpc) is 3.41. The van der Waals surface area contributed by atoms with Crippen LogP contribution in [0.25, 0.3) is 5.76 Å². The van der Waals surface area contributed by atoms with Crippen LogP contribution in [0, 0.1) is 0 Å². The highest BCUT2D eigenvalue weighted by atomic mass is 16.5. The first kappa shape index (κ1) is 25.4. The summed E-state index contributed by atoms with van der Waals surface area (Å²) in [7, 11) is 0. The van der Waals surface area contributed by atoms with Gasteiger partial charge in [-0.15, -0.1) is 0 Å². The van der Waals surface area contributed by atoms with E-state index in [9.17, 15) is 14.7 Å². The van der Waals surface area contributed by atoms with E-state index in [0.29, 0.717) is 42.3 Å². The normalized spacial score (nSPS) is 19.8. The Morgan fingerprint density at radius 1 is 0.974 bits per heavy atom. The lowest BCUT2D eigenvalue weighted by Crippen LogP contribution is -2.29. The number of benzene rings is 3. The lowest BCUT2D eigenvalue weighted by atomic mass is 9.94. The predicted molar refractivity (Wildman–Crippen MR) is 143 cm³/mol. The van der Waals surface area contributed by atoms with Gasteiger partial charge in [-0.25, -0.2) is 0 Å². The van der Waals surface area contributed by atoms with Gasteiger partial charge in [-0.1, -0.05) is 36.4 Å². The van der Waals surface area contributed by atoms with E-state index in [2.05, 4.69) is 0 Å². The number of nitrogens with zero attached hydrogens (tertiary/aromatic N) is 1. The highest BCUT2D eigenvalue weighted by Gasteiger charge is 2.46. The second-order valence-corrected chi connectivity index (χ2v) is 9.44. The summed E-state index contributed by atoms with van der Waals surface area (Å²) < 4.78 is 17.3. The van der Waals surface area contributed by atoms with Gasteiger partial charge in [0.25, 0.3) is 11.7 Å². The quantitative estimate of drug-likeness (QED) is 0.246. The molecule has 0 saturated carbocycles. The van der Waals surface area contributed by atoms with Crippen LogP contribution in [0.5, 0.6) is 17.2 Å². The lowest BCUT2D eigenvalue weighted by molar-refractivity contribution is -0.140. The van der Waals surface area contributed by atoms with E-state index in [-0.39, 0.29) is 24.0 Å². The van der Waals surface area contributed by atoms with Gasteiger partial charge in [-0.05, 0) is 67.8 Å². The van der Waals surface area contributed by atoms with Crippen molar-refractivity contribution in [1.29, 1.82) is 0 Å². The van der Waals surface area contributed by atoms with Crippen molar-refractivity contribution in [2.75, 3.05) is 13.2 Å². The maximum atomic E-state index is 13.5. The van der Waals surface area contributed by atoms with Crippen LogP contribution in [0.1, 0.15) is 49.1 Å². The number of carbonyl (C=O) groups excluding carboxylic acids is 2. The molecule has 0 unspecified atom stereocenters. The molecule has 0 aliphatic carbocycles. The summed E-state index contributed by atoms with van der Waals surface area (Å²) in [6, 6.07) is 19.4. The van der Waals surface area contributed by atoms with Crippen LogP contribution >= 0.6 is 0 Å². The topological polar surface area (TPSA) is 85.3 Å². The number of hydrogen-bond donors (Lipinski definition) is 1. The Balaban J connectivity index is 1.65. The van der Waals surface area contributed by atoms with Crippen molar-refractivity contribution in [3.05, 3.63) is 94.6 Å². The Kier molecular flexibility index (Phi) is 7.09. The predicted octanol–water partition coefficient (Wildman–Crippen LogP) is 5.43. The second kappa shape index (κ2) is 10.6. The Morgan fingerprint density at radius 2 is 1.71 bits per heavy atom. The van der Waals surface area contributed by atoms with Crippen molar-refractivity contribution in [2.24, 2.45) is 0 Å². The van der Waals surface area contributed by atoms with Gasteiger partial charge in [0, 0.05) is 18.5 Å². The van der Waals surface area contributed by atoms with Crippen LogP contribution in [0.3, 0.4) is 0 Å². The molecule has 1 N–H and O–H groups in total. The molecule has 7 nitrogen and oxygen atoms in total. The average molecular weight is 514 g/mol. The van der Waals surface area contributed by atoms with E-state index in [1.807, 2.05) is 63.2 Å². The highest BCUT2D eigenvalue weighted by Crippen LogP contribution is 2.43. The Bertz CT molecular complexity index is 1400. The van der Waals surface area contributed by atoms with Crippen molar-refractivity contribution in [3.8, 4) is 17.2 Å². The van der Waals surface area contributed by atoms with Crippen LogP contribution in [0.15, 0.2) is 72.3 Å². The van der Waals surface area contributed by atoms with Gasteiger partial charge < -0.3 is 24.2 Å². The molecule has 5 rings (SSSR count). The first-order valence-corrected chi connectivity index (χ1v) is 12.9. The number of rotatable bonds is 8. The molecule has 38 heavy (non-hydrogen) atoms. The first-order valence-electron chi connectivity index (χ1n) is 12.9. The van der Waals surface area contributed by atoms with Crippen LogP contribution < -0.4 is 14.2 Å². The SMILES string of the molecule is CCOc1ccc([C@H]2C(=C(O)c3ccc4c(c3)C[C@H](C)O4)C(=O)C(=O)N2Cc2ccccc2)cc1OCC. The van der Waals surface area contributed by atoms with Crippen molar-refractivity contribution < 1.29 is 28.9 Å². The molecule has 1 amide bonds. The van der Waals surface area contributed by atoms with Crippen molar-refractivity contribution in [2.45, 2.75) is 45.9 Å². The third kappa shape index (κ3) is 4.72. The molecule has 0 aromatic heterocycles. The molecule has 1 fully saturated rings. The second-order valence-electron chi connectivity index (χ2n) is 9.44. The zero-order valence-electron chi connectivity index (χ0n) is 21.8. The van der Waals surface area contributed by atoms with Gasteiger partial charge in [-0.2, -0.15) is 0 Å². The number of ether oxygens (including phenoxy) is 3. The van der Waals surface area contributed by atoms with Crippen LogP contribution in [0.2, 0.25) is 0 Å². The molecule has 3 aromatic rings. The first-order chi connectivity index (χ1) is 18.4. The minimum absolute atomic E-state index is 0.0414. The van der Waals surface area contributed by atoms with E-state index < -0.39 is 17.7 Å². The summed E-state index contributed by atoms with van der Waals surface area (Å²) in [5.74, 6) is 0.263. The molecule has 0 spiro atoms. The van der Waals surface area contributed by atoms with Gasteiger partial charge in [0.1, 0.15) is 17.6 Å². The van der Waals surface area contributed by atoms with E-state index in [4.69, 9.17) is 14.2 Å². The van der Waals surface area contributed by atoms with E-state index in [1.54, 1.807) is 24.3 Å². The number of hydrogen-bond acceptors (Lipinski definition) is 6. The Labute approximate surface area is 222 Å². The summed E-state index contributed by atoms with van der Waals surface area (Å²) in [6.07, 6.45) is 0.749. The smallest absolute Gasteiger partial charge is 0.295 e. The number of ketones is 1. The number of amides is 1. The molecule has 7 heteroatoms. The molecule has 0 radical (unpaired) electrons. The molecule has 2 aliphatic heterocycles. The minimum atomic E-state index is -0.812. The van der Waals surface area contributed by atoms with Crippen molar-refractivity contribution in [1.82, 2.24) is 4.90 Å². The molecule has 2 atom stereocenters. The molecule has 2 heterocycles. The zero-order chi connectivity index (χ0) is 26.8. The third-order valence-corrected chi connectivity index (χ3v) is 6.79. The number of Topliss-reactive ketones (excluding diaryl/α,β-unsaturated/α-hetero) is 1. The fraction of sp³-hybridized carbons (Fsp3) is 0.290. The number of aliphatic hydroxyl groups is 1. The molecule has 3 aromatic carbocycles. The van der Waals surface area contributed by atoms with E-state index in [1.165, 1.54) is 4.90 Å². The fourth-order valence-corrected chi connectivity index (χ4v) is 5.13. The van der Waals surface area contributed by atoms with E-state index >= 15 is 0 Å². The summed E-state index contributed by atoms with van der Waals surface area (Å²) in [4.78, 5) is 28.4. The van der Waals surface area contributed by atoms with Crippen LogP contribution in [0.4, 0.5) is 0 Å². The monoisotopic (exact) mass is 513 g/mol. The van der Waals surface area contributed by atoms with Crippen LogP contribution in [-0.2, 0) is 22.6 Å². The largest absolute Gasteiger partial charge is 0.507 e. The molecule has 1 saturated heterocycles. The van der Waals surface area contributed by atoms with Crippen molar-refractivity contribution in [3.63, 3.8) is 0 Å². The van der Waals surface area contributed by atoms with E-state index in [0.717, 1.165) is 16.9 Å². The maximum Gasteiger partial charge on any atom is 0.295 e. The summed E-state index contributed by atoms with van der Waals surface area (Å²) in [5, 5.41) is 11.5. The standard InChI is InChI=1S/C31H31NO6/c1-4-36-25-14-11-21(17-26(25)37-5-2)28-27(29(33)22-12-13-24-23(16-22)15-19(3)38-24)30(34)31(35)32(28)18-20-9-7-6-8-10-20/h6-14,16-17,19,28,33H,4-5,15,18H2,1-3H3/t19-,28-/m0/s1. The molecular formula is C31H31NO6. The highest BCUT2D eigenvalue weighted by molar-refractivity contribution is 6.46. The molecule has 0 bridgehead atoms. The molecule has 196 valence electrons. The lowest BCUT2D eigenvalue weighted by Gasteiger charge is -2.26. The Hall–Kier alpha value is -4.26. The van der Waals surface area contributed by atoms with Gasteiger partial charge in [-0.3, -0.25) is 9.59 Å². The number of fused-ring (bicyclic) bond motifs is 1. The summed E-state index contributed by atoms with van der Waals surface area (Å²) in [5.41, 5.74) is 2.99. The number of carbonyl (C=O) groups is 2. The van der Waals surface area contributed by atoms with Crippen molar-refractivity contribution >= 4 is 17.4 Å². The Morgan fingerprint density at radius 3 is 2.45 bits per heavy atom. The van der Waals surface area contributed by atoms with Gasteiger partial charge in [0.2, 0.25) is 0 Å².